The second kappa shape index (κ2) is 7.18. The fourth-order valence-corrected chi connectivity index (χ4v) is 3.25. The maximum Gasteiger partial charge on any atom is 0.387 e. The van der Waals surface area contributed by atoms with Crippen LogP contribution in [0, 0.1) is 5.92 Å². The van der Waals surface area contributed by atoms with E-state index in [4.69, 9.17) is 5.73 Å². The molecule has 21 heavy (non-hydrogen) atoms. The monoisotopic (exact) mass is 298 g/mol. The fourth-order valence-electron chi connectivity index (χ4n) is 3.25. The standard InChI is InChI=1S/C16H24F2N2O/c1-11-4-3-9-20(15(11)10-19)12(2)13-5-7-14(8-6-13)21-16(17)18/h5-8,11-12,15-16H,3-4,9-10,19H2,1-2H3. The molecule has 0 aliphatic carbocycles. The van der Waals surface area contributed by atoms with E-state index in [0.29, 0.717) is 18.5 Å². The van der Waals surface area contributed by atoms with Crippen molar-refractivity contribution in [2.24, 2.45) is 11.7 Å². The summed E-state index contributed by atoms with van der Waals surface area (Å²) in [7, 11) is 0. The van der Waals surface area contributed by atoms with Gasteiger partial charge in [-0.05, 0) is 49.9 Å². The minimum Gasteiger partial charge on any atom is -0.435 e. The second-order valence-electron chi connectivity index (χ2n) is 5.78. The second-order valence-corrected chi connectivity index (χ2v) is 5.78. The predicted octanol–water partition coefficient (Wildman–Crippen LogP) is 3.41. The Kier molecular flexibility index (Phi) is 5.53. The van der Waals surface area contributed by atoms with Gasteiger partial charge in [0.15, 0.2) is 0 Å². The van der Waals surface area contributed by atoms with Crippen molar-refractivity contribution in [3.05, 3.63) is 29.8 Å². The Labute approximate surface area is 125 Å². The van der Waals surface area contributed by atoms with Gasteiger partial charge in [-0.15, -0.1) is 0 Å². The van der Waals surface area contributed by atoms with Gasteiger partial charge in [0, 0.05) is 18.6 Å². The van der Waals surface area contributed by atoms with Crippen LogP contribution in [0.2, 0.25) is 0 Å². The third-order valence-corrected chi connectivity index (χ3v) is 4.49. The lowest BCUT2D eigenvalue weighted by Crippen LogP contribution is -2.49. The lowest BCUT2D eigenvalue weighted by molar-refractivity contribution is -0.0498. The zero-order valence-electron chi connectivity index (χ0n) is 12.6. The molecular formula is C16H24F2N2O. The normalized spacial score (nSPS) is 25.0. The highest BCUT2D eigenvalue weighted by Crippen LogP contribution is 2.31. The van der Waals surface area contributed by atoms with Crippen LogP contribution in [0.4, 0.5) is 8.78 Å². The summed E-state index contributed by atoms with van der Waals surface area (Å²) in [6.45, 7) is 3.29. The average molecular weight is 298 g/mol. The number of hydrogen-bond acceptors (Lipinski definition) is 3. The number of nitrogens with two attached hydrogens (primary N) is 1. The molecule has 5 heteroatoms. The molecule has 0 aromatic heterocycles. The molecule has 1 aromatic rings. The summed E-state index contributed by atoms with van der Waals surface area (Å²) in [6.07, 6.45) is 2.39. The molecule has 118 valence electrons. The maximum atomic E-state index is 12.2. The first-order valence-corrected chi connectivity index (χ1v) is 7.53. The summed E-state index contributed by atoms with van der Waals surface area (Å²) < 4.78 is 28.7. The van der Waals surface area contributed by atoms with E-state index in [1.54, 1.807) is 12.1 Å². The van der Waals surface area contributed by atoms with Crippen LogP contribution in [-0.2, 0) is 0 Å². The molecule has 0 bridgehead atoms. The van der Waals surface area contributed by atoms with E-state index >= 15 is 0 Å². The van der Waals surface area contributed by atoms with Crippen LogP contribution in [0.15, 0.2) is 24.3 Å². The van der Waals surface area contributed by atoms with Crippen molar-refractivity contribution in [3.63, 3.8) is 0 Å². The van der Waals surface area contributed by atoms with Crippen molar-refractivity contribution in [2.75, 3.05) is 13.1 Å². The molecule has 3 unspecified atom stereocenters. The molecule has 3 atom stereocenters. The molecule has 0 saturated carbocycles. The minimum absolute atomic E-state index is 0.198. The van der Waals surface area contributed by atoms with E-state index in [0.717, 1.165) is 12.1 Å². The van der Waals surface area contributed by atoms with Gasteiger partial charge in [-0.2, -0.15) is 8.78 Å². The predicted molar refractivity (Wildman–Crippen MR) is 79.4 cm³/mol. The molecule has 1 aromatic carbocycles. The van der Waals surface area contributed by atoms with Gasteiger partial charge in [0.1, 0.15) is 5.75 Å². The van der Waals surface area contributed by atoms with Crippen LogP contribution in [0.3, 0.4) is 0 Å². The number of benzene rings is 1. The van der Waals surface area contributed by atoms with Crippen molar-refractivity contribution in [3.8, 4) is 5.75 Å². The molecule has 1 heterocycles. The summed E-state index contributed by atoms with van der Waals surface area (Å²) in [4.78, 5) is 2.43. The number of likely N-dealkylation sites (tertiary alicyclic amines) is 1. The number of ether oxygens (including phenoxy) is 1. The summed E-state index contributed by atoms with van der Waals surface area (Å²) in [5.41, 5.74) is 7.03. The van der Waals surface area contributed by atoms with Crippen LogP contribution in [0.5, 0.6) is 5.75 Å². The zero-order chi connectivity index (χ0) is 15.4. The smallest absolute Gasteiger partial charge is 0.387 e. The molecule has 1 aliphatic heterocycles. The first-order chi connectivity index (χ1) is 10.0. The van der Waals surface area contributed by atoms with Crippen molar-refractivity contribution in [2.45, 2.75) is 45.4 Å². The maximum absolute atomic E-state index is 12.2. The highest BCUT2D eigenvalue weighted by Gasteiger charge is 2.30. The Morgan fingerprint density at radius 3 is 2.57 bits per heavy atom. The Hall–Kier alpha value is -1.20. The van der Waals surface area contributed by atoms with Gasteiger partial charge in [0.2, 0.25) is 0 Å². The first kappa shape index (κ1) is 16.2. The highest BCUT2D eigenvalue weighted by molar-refractivity contribution is 5.29. The van der Waals surface area contributed by atoms with Crippen molar-refractivity contribution < 1.29 is 13.5 Å². The summed E-state index contributed by atoms with van der Waals surface area (Å²) in [5.74, 6) is 0.788. The number of alkyl halides is 2. The lowest BCUT2D eigenvalue weighted by atomic mass is 9.88. The SMILES string of the molecule is CC1CCCN(C(C)c2ccc(OC(F)F)cc2)C1CN. The topological polar surface area (TPSA) is 38.5 Å². The molecule has 0 amide bonds. The van der Waals surface area contributed by atoms with Crippen molar-refractivity contribution >= 4 is 0 Å². The Morgan fingerprint density at radius 2 is 2.00 bits per heavy atom. The number of piperidine rings is 1. The van der Waals surface area contributed by atoms with Gasteiger partial charge in [-0.3, -0.25) is 4.90 Å². The first-order valence-electron chi connectivity index (χ1n) is 7.53. The van der Waals surface area contributed by atoms with Gasteiger partial charge in [-0.25, -0.2) is 0 Å². The quantitative estimate of drug-likeness (QED) is 0.905. The van der Waals surface area contributed by atoms with Crippen LogP contribution >= 0.6 is 0 Å². The Bertz CT molecular complexity index is 438. The van der Waals surface area contributed by atoms with Crippen LogP contribution in [-0.4, -0.2) is 30.6 Å². The van der Waals surface area contributed by atoms with E-state index in [-0.39, 0.29) is 11.8 Å². The molecular weight excluding hydrogens is 274 g/mol. The van der Waals surface area contributed by atoms with Crippen molar-refractivity contribution in [1.82, 2.24) is 4.90 Å². The number of halogens is 2. The number of nitrogens with zero attached hydrogens (tertiary/aromatic N) is 1. The molecule has 1 saturated heterocycles. The molecule has 2 N–H and O–H groups in total. The molecule has 3 nitrogen and oxygen atoms in total. The van der Waals surface area contributed by atoms with Gasteiger partial charge >= 0.3 is 6.61 Å². The highest BCUT2D eigenvalue weighted by atomic mass is 19.3. The average Bonchev–Trinajstić information content (AvgIpc) is 2.46. The lowest BCUT2D eigenvalue weighted by Gasteiger charge is -2.43. The molecule has 1 aliphatic rings. The molecule has 0 radical (unpaired) electrons. The van der Waals surface area contributed by atoms with E-state index in [1.807, 2.05) is 12.1 Å². The molecule has 0 spiro atoms. The van der Waals surface area contributed by atoms with E-state index in [1.165, 1.54) is 12.8 Å². The molecule has 2 rings (SSSR count). The van der Waals surface area contributed by atoms with Crippen molar-refractivity contribution in [1.29, 1.82) is 0 Å². The largest absolute Gasteiger partial charge is 0.435 e. The summed E-state index contributed by atoms with van der Waals surface area (Å²) in [6, 6.07) is 7.52. The Balaban J connectivity index is 2.09. The van der Waals surface area contributed by atoms with E-state index < -0.39 is 6.61 Å². The zero-order valence-corrected chi connectivity index (χ0v) is 12.6. The van der Waals surface area contributed by atoms with Gasteiger partial charge < -0.3 is 10.5 Å². The van der Waals surface area contributed by atoms with Crippen LogP contribution in [0.25, 0.3) is 0 Å². The fraction of sp³-hybridized carbons (Fsp3) is 0.625. The van der Waals surface area contributed by atoms with Gasteiger partial charge in [0.25, 0.3) is 0 Å². The third kappa shape index (κ3) is 3.92. The van der Waals surface area contributed by atoms with Gasteiger partial charge in [0.05, 0.1) is 0 Å². The van der Waals surface area contributed by atoms with E-state index in [9.17, 15) is 8.78 Å². The third-order valence-electron chi connectivity index (χ3n) is 4.49. The van der Waals surface area contributed by atoms with Crippen LogP contribution < -0.4 is 10.5 Å². The number of hydrogen-bond donors (Lipinski definition) is 1. The van der Waals surface area contributed by atoms with Gasteiger partial charge in [-0.1, -0.05) is 19.1 Å². The number of rotatable bonds is 5. The van der Waals surface area contributed by atoms with Crippen LogP contribution in [0.1, 0.15) is 38.3 Å². The minimum atomic E-state index is -2.78. The Morgan fingerprint density at radius 1 is 1.33 bits per heavy atom. The summed E-state index contributed by atoms with van der Waals surface area (Å²) in [5, 5.41) is 0. The molecule has 1 fully saturated rings. The van der Waals surface area contributed by atoms with E-state index in [2.05, 4.69) is 23.5 Å². The summed E-state index contributed by atoms with van der Waals surface area (Å²) >= 11 is 0.